The Morgan fingerprint density at radius 1 is 0.935 bits per heavy atom. The fraction of sp³-hybridized carbons (Fsp3) is 0.706. The Kier molecular flexibility index (Phi) is 14.3. The average molecular weight is 447 g/mol. The van der Waals surface area contributed by atoms with Crippen LogP contribution in [0.25, 0.3) is 0 Å². The number of aliphatic carboxylic acids is 1. The van der Waals surface area contributed by atoms with Crippen LogP contribution in [0.4, 0.5) is 0 Å². The number of nitrogens with zero attached hydrogens (tertiary/aromatic N) is 1. The van der Waals surface area contributed by atoms with Crippen molar-refractivity contribution in [1.82, 2.24) is 16.0 Å². The van der Waals surface area contributed by atoms with Crippen LogP contribution in [-0.4, -0.2) is 84.2 Å². The number of amides is 3. The molecule has 0 aliphatic carbocycles. The van der Waals surface area contributed by atoms with Crippen molar-refractivity contribution in [2.24, 2.45) is 27.9 Å². The summed E-state index contributed by atoms with van der Waals surface area (Å²) in [6.45, 7) is -0.593. The highest BCUT2D eigenvalue weighted by atomic mass is 16.4. The Morgan fingerprint density at radius 2 is 1.61 bits per heavy atom. The topological polar surface area (TPSA) is 261 Å². The quantitative estimate of drug-likeness (QED) is 0.0624. The number of unbranched alkanes of at least 4 members (excludes halogenated alkanes) is 1. The van der Waals surface area contributed by atoms with E-state index in [0.717, 1.165) is 0 Å². The second-order valence-electron chi connectivity index (χ2n) is 6.76. The average Bonchev–Trinajstić information content (AvgIpc) is 2.71. The van der Waals surface area contributed by atoms with Gasteiger partial charge in [0.15, 0.2) is 5.96 Å². The molecule has 178 valence electrons. The van der Waals surface area contributed by atoms with Crippen molar-refractivity contribution in [1.29, 1.82) is 0 Å². The van der Waals surface area contributed by atoms with Gasteiger partial charge in [-0.1, -0.05) is 6.42 Å². The van der Waals surface area contributed by atoms with Gasteiger partial charge in [-0.3, -0.25) is 19.4 Å². The normalized spacial score (nSPS) is 13.4. The molecular formula is C17H34N8O6. The second-order valence-corrected chi connectivity index (χ2v) is 6.76. The number of aliphatic hydroxyl groups excluding tert-OH is 1. The van der Waals surface area contributed by atoms with Crippen molar-refractivity contribution in [3.8, 4) is 0 Å². The molecule has 0 heterocycles. The Morgan fingerprint density at radius 3 is 2.16 bits per heavy atom. The fourth-order valence-corrected chi connectivity index (χ4v) is 2.41. The molecule has 0 aromatic heterocycles. The molecule has 0 aliphatic rings. The number of nitrogens with one attached hydrogen (secondary N) is 3. The van der Waals surface area contributed by atoms with Crippen LogP contribution in [0.3, 0.4) is 0 Å². The van der Waals surface area contributed by atoms with Crippen molar-refractivity contribution in [3.05, 3.63) is 0 Å². The van der Waals surface area contributed by atoms with Gasteiger partial charge < -0.3 is 49.1 Å². The van der Waals surface area contributed by atoms with E-state index in [1.807, 2.05) is 0 Å². The monoisotopic (exact) mass is 446 g/mol. The molecule has 0 fully saturated rings. The number of guanidine groups is 1. The summed E-state index contributed by atoms with van der Waals surface area (Å²) in [5.41, 5.74) is 21.4. The van der Waals surface area contributed by atoms with E-state index < -0.39 is 55.0 Å². The molecule has 3 atom stereocenters. The van der Waals surface area contributed by atoms with E-state index >= 15 is 0 Å². The maximum atomic E-state index is 12.1. The molecule has 0 saturated heterocycles. The highest BCUT2D eigenvalue weighted by Crippen LogP contribution is 2.00. The Balaban J connectivity index is 4.51. The van der Waals surface area contributed by atoms with Crippen LogP contribution in [0.1, 0.15) is 32.1 Å². The zero-order chi connectivity index (χ0) is 23.8. The van der Waals surface area contributed by atoms with E-state index in [1.54, 1.807) is 0 Å². The molecule has 0 radical (unpaired) electrons. The molecule has 14 nitrogen and oxygen atoms in total. The van der Waals surface area contributed by atoms with Crippen molar-refractivity contribution in [3.63, 3.8) is 0 Å². The van der Waals surface area contributed by atoms with Gasteiger partial charge in [-0.15, -0.1) is 0 Å². The predicted octanol–water partition coefficient (Wildman–Crippen LogP) is -4.34. The van der Waals surface area contributed by atoms with Crippen LogP contribution >= 0.6 is 0 Å². The third-order valence-electron chi connectivity index (χ3n) is 4.12. The number of carbonyl (C=O) groups excluding carboxylic acids is 3. The van der Waals surface area contributed by atoms with Crippen LogP contribution in [0.15, 0.2) is 4.99 Å². The minimum atomic E-state index is -1.31. The standard InChI is InChI=1S/C17H34N8O6/c18-6-2-1-4-10(19)14(28)25-12(9-26)15(29)23-8-13(27)24-11(16(30)31)5-3-7-22-17(20)21/h10-12,26H,1-9,18-19H2,(H,23,29)(H,24,27)(H,25,28)(H,30,31)(H4,20,21,22)/t10-,11-,12-/m0/s1. The first-order valence-electron chi connectivity index (χ1n) is 9.84. The Bertz CT molecular complexity index is 626. The number of nitrogens with two attached hydrogens (primary N) is 4. The predicted molar refractivity (Wildman–Crippen MR) is 112 cm³/mol. The van der Waals surface area contributed by atoms with E-state index in [0.29, 0.717) is 32.2 Å². The first-order chi connectivity index (χ1) is 14.6. The maximum absolute atomic E-state index is 12.1. The highest BCUT2D eigenvalue weighted by molar-refractivity contribution is 5.92. The van der Waals surface area contributed by atoms with E-state index in [2.05, 4.69) is 20.9 Å². The SMILES string of the molecule is NCCCC[C@H](N)C(=O)N[C@@H](CO)C(=O)NCC(=O)N[C@@H](CCCN=C(N)N)C(=O)O. The van der Waals surface area contributed by atoms with Crippen LogP contribution in [0, 0.1) is 0 Å². The fourth-order valence-electron chi connectivity index (χ4n) is 2.41. The number of carboxylic acids is 1. The molecule has 13 N–H and O–H groups in total. The van der Waals surface area contributed by atoms with Gasteiger partial charge in [0, 0.05) is 6.54 Å². The molecule has 3 amide bonds. The summed E-state index contributed by atoms with van der Waals surface area (Å²) in [4.78, 5) is 51.0. The number of hydrogen-bond donors (Lipinski definition) is 9. The number of hydrogen-bond acceptors (Lipinski definition) is 8. The number of carbonyl (C=O) groups is 4. The van der Waals surface area contributed by atoms with Crippen molar-refractivity contribution in [2.45, 2.75) is 50.2 Å². The summed E-state index contributed by atoms with van der Waals surface area (Å²) >= 11 is 0. The molecule has 0 aliphatic heterocycles. The molecule has 0 saturated carbocycles. The lowest BCUT2D eigenvalue weighted by Gasteiger charge is -2.19. The van der Waals surface area contributed by atoms with Gasteiger partial charge in [-0.2, -0.15) is 0 Å². The Hall–Kier alpha value is -2.97. The summed E-state index contributed by atoms with van der Waals surface area (Å²) < 4.78 is 0. The molecular weight excluding hydrogens is 412 g/mol. The molecule has 31 heavy (non-hydrogen) atoms. The first-order valence-corrected chi connectivity index (χ1v) is 9.84. The lowest BCUT2D eigenvalue weighted by Crippen LogP contribution is -2.54. The zero-order valence-corrected chi connectivity index (χ0v) is 17.4. The first kappa shape index (κ1) is 28.0. The number of carboxylic acid groups (broad SMARTS) is 1. The van der Waals surface area contributed by atoms with Crippen LogP contribution in [0.5, 0.6) is 0 Å². The van der Waals surface area contributed by atoms with E-state index in [4.69, 9.17) is 22.9 Å². The molecule has 0 aromatic carbocycles. The molecule has 0 unspecified atom stereocenters. The third kappa shape index (κ3) is 13.0. The summed E-state index contributed by atoms with van der Waals surface area (Å²) in [5, 5.41) is 25.3. The molecule has 0 bridgehead atoms. The second kappa shape index (κ2) is 15.8. The van der Waals surface area contributed by atoms with Crippen molar-refractivity contribution >= 4 is 29.7 Å². The summed E-state index contributed by atoms with van der Waals surface area (Å²) in [7, 11) is 0. The Labute approximate surface area is 180 Å². The summed E-state index contributed by atoms with van der Waals surface area (Å²) in [6, 6.07) is -3.37. The lowest BCUT2D eigenvalue weighted by molar-refractivity contribution is -0.142. The van der Waals surface area contributed by atoms with Gasteiger partial charge in [-0.25, -0.2) is 4.79 Å². The lowest BCUT2D eigenvalue weighted by atomic mass is 10.1. The summed E-state index contributed by atoms with van der Waals surface area (Å²) in [5.74, 6) is -3.58. The minimum absolute atomic E-state index is 0.0726. The minimum Gasteiger partial charge on any atom is -0.480 e. The van der Waals surface area contributed by atoms with E-state index in [1.165, 1.54) is 0 Å². The third-order valence-corrected chi connectivity index (χ3v) is 4.12. The number of aliphatic imine (C=N–C) groups is 1. The van der Waals surface area contributed by atoms with Gasteiger partial charge in [0.25, 0.3) is 0 Å². The molecule has 0 rings (SSSR count). The summed E-state index contributed by atoms with van der Waals surface area (Å²) in [6.07, 6.45) is 2.09. The van der Waals surface area contributed by atoms with Crippen molar-refractivity contribution < 1.29 is 29.4 Å². The van der Waals surface area contributed by atoms with Crippen LogP contribution in [0.2, 0.25) is 0 Å². The van der Waals surface area contributed by atoms with Crippen LogP contribution in [-0.2, 0) is 19.2 Å². The maximum Gasteiger partial charge on any atom is 0.326 e. The van der Waals surface area contributed by atoms with Crippen LogP contribution < -0.4 is 38.9 Å². The van der Waals surface area contributed by atoms with E-state index in [-0.39, 0.29) is 18.9 Å². The molecule has 0 aromatic rings. The molecule has 14 heteroatoms. The van der Waals surface area contributed by atoms with Crippen molar-refractivity contribution in [2.75, 3.05) is 26.2 Å². The smallest absolute Gasteiger partial charge is 0.326 e. The van der Waals surface area contributed by atoms with Gasteiger partial charge in [0.05, 0.1) is 19.2 Å². The van der Waals surface area contributed by atoms with Gasteiger partial charge in [0.1, 0.15) is 12.1 Å². The highest BCUT2D eigenvalue weighted by Gasteiger charge is 2.24. The van der Waals surface area contributed by atoms with Gasteiger partial charge in [-0.05, 0) is 32.2 Å². The van der Waals surface area contributed by atoms with Gasteiger partial charge in [0.2, 0.25) is 17.7 Å². The van der Waals surface area contributed by atoms with E-state index in [9.17, 15) is 29.4 Å². The largest absolute Gasteiger partial charge is 0.480 e. The zero-order valence-electron chi connectivity index (χ0n) is 17.4. The van der Waals surface area contributed by atoms with Gasteiger partial charge >= 0.3 is 5.97 Å². The molecule has 0 spiro atoms. The number of rotatable bonds is 16. The number of aliphatic hydroxyl groups is 1.